The number of methoxy groups -OCH3 is 1. The molecule has 1 aromatic carbocycles. The largest absolute Gasteiger partial charge is 0.383 e. The Morgan fingerprint density at radius 3 is 2.73 bits per heavy atom. The first-order valence-corrected chi connectivity index (χ1v) is 9.97. The zero-order valence-corrected chi connectivity index (χ0v) is 16.7. The van der Waals surface area contributed by atoms with Crippen molar-refractivity contribution in [2.24, 2.45) is 4.99 Å². The molecular weight excluding hydrogens is 348 g/mol. The SMILES string of the molecule is CN=C(NCC1(c2cccc(Cl)c2)CC1)NC1CCN(CCOC)CC1. The van der Waals surface area contributed by atoms with Gasteiger partial charge in [0, 0.05) is 56.8 Å². The normalized spacial score (nSPS) is 20.8. The summed E-state index contributed by atoms with van der Waals surface area (Å²) >= 11 is 6.17. The minimum Gasteiger partial charge on any atom is -0.383 e. The highest BCUT2D eigenvalue weighted by Gasteiger charge is 2.44. The highest BCUT2D eigenvalue weighted by Crippen LogP contribution is 2.48. The fraction of sp³-hybridized carbons (Fsp3) is 0.650. The van der Waals surface area contributed by atoms with Crippen molar-refractivity contribution in [3.8, 4) is 0 Å². The first-order chi connectivity index (χ1) is 12.6. The summed E-state index contributed by atoms with van der Waals surface area (Å²) in [5, 5.41) is 7.96. The third kappa shape index (κ3) is 5.12. The Morgan fingerprint density at radius 2 is 2.12 bits per heavy atom. The molecule has 2 fully saturated rings. The second-order valence-corrected chi connectivity index (χ2v) is 7.91. The van der Waals surface area contributed by atoms with Gasteiger partial charge in [-0.25, -0.2) is 0 Å². The molecule has 0 radical (unpaired) electrons. The summed E-state index contributed by atoms with van der Waals surface area (Å²) in [6.07, 6.45) is 4.69. The van der Waals surface area contributed by atoms with Crippen LogP contribution in [0.5, 0.6) is 0 Å². The molecule has 0 unspecified atom stereocenters. The van der Waals surface area contributed by atoms with Crippen molar-refractivity contribution in [3.63, 3.8) is 0 Å². The fourth-order valence-electron chi connectivity index (χ4n) is 3.70. The van der Waals surface area contributed by atoms with E-state index < -0.39 is 0 Å². The van der Waals surface area contributed by atoms with Gasteiger partial charge in [0.2, 0.25) is 0 Å². The smallest absolute Gasteiger partial charge is 0.191 e. The van der Waals surface area contributed by atoms with Gasteiger partial charge in [-0.15, -0.1) is 0 Å². The monoisotopic (exact) mass is 378 g/mol. The predicted octanol–water partition coefficient (Wildman–Crippen LogP) is 2.65. The fourth-order valence-corrected chi connectivity index (χ4v) is 3.89. The van der Waals surface area contributed by atoms with Crippen LogP contribution in [0.3, 0.4) is 0 Å². The van der Waals surface area contributed by atoms with Crippen molar-refractivity contribution in [3.05, 3.63) is 34.9 Å². The van der Waals surface area contributed by atoms with Gasteiger partial charge in [-0.1, -0.05) is 23.7 Å². The van der Waals surface area contributed by atoms with Crippen LogP contribution >= 0.6 is 11.6 Å². The number of guanidine groups is 1. The van der Waals surface area contributed by atoms with Gasteiger partial charge in [0.15, 0.2) is 5.96 Å². The van der Waals surface area contributed by atoms with Crippen LogP contribution in [0.1, 0.15) is 31.2 Å². The summed E-state index contributed by atoms with van der Waals surface area (Å²) in [5.41, 5.74) is 1.55. The van der Waals surface area contributed by atoms with Gasteiger partial charge in [0.25, 0.3) is 0 Å². The van der Waals surface area contributed by atoms with Crippen LogP contribution in [0.15, 0.2) is 29.3 Å². The van der Waals surface area contributed by atoms with Crippen LogP contribution in [-0.2, 0) is 10.2 Å². The van der Waals surface area contributed by atoms with Crippen LogP contribution in [-0.4, -0.2) is 63.8 Å². The minimum atomic E-state index is 0.214. The third-order valence-electron chi connectivity index (χ3n) is 5.65. The number of rotatable bonds is 7. The zero-order valence-electron chi connectivity index (χ0n) is 15.9. The molecule has 1 saturated heterocycles. The lowest BCUT2D eigenvalue weighted by Gasteiger charge is -2.33. The highest BCUT2D eigenvalue weighted by atomic mass is 35.5. The van der Waals surface area contributed by atoms with Crippen LogP contribution in [0.4, 0.5) is 0 Å². The first kappa shape index (κ1) is 19.5. The number of halogens is 1. The van der Waals surface area contributed by atoms with Crippen molar-refractivity contribution in [1.82, 2.24) is 15.5 Å². The molecule has 5 nitrogen and oxygen atoms in total. The lowest BCUT2D eigenvalue weighted by atomic mass is 9.96. The van der Waals surface area contributed by atoms with Crippen molar-refractivity contribution < 1.29 is 4.74 Å². The molecule has 0 bridgehead atoms. The molecule has 26 heavy (non-hydrogen) atoms. The Morgan fingerprint density at radius 1 is 1.35 bits per heavy atom. The van der Waals surface area contributed by atoms with Gasteiger partial charge in [0.05, 0.1) is 6.61 Å². The Balaban J connectivity index is 1.46. The predicted molar refractivity (Wildman–Crippen MR) is 108 cm³/mol. The highest BCUT2D eigenvalue weighted by molar-refractivity contribution is 6.30. The maximum Gasteiger partial charge on any atom is 0.191 e. The van der Waals surface area contributed by atoms with E-state index >= 15 is 0 Å². The summed E-state index contributed by atoms with van der Waals surface area (Å²) in [5.74, 6) is 0.911. The molecule has 1 heterocycles. The maximum atomic E-state index is 6.17. The summed E-state index contributed by atoms with van der Waals surface area (Å²) in [4.78, 5) is 6.90. The van der Waals surface area contributed by atoms with E-state index in [0.717, 1.165) is 56.6 Å². The molecular formula is C20H31ClN4O. The maximum absolute atomic E-state index is 6.17. The molecule has 2 N–H and O–H groups in total. The second-order valence-electron chi connectivity index (χ2n) is 7.47. The molecule has 0 aromatic heterocycles. The van der Waals surface area contributed by atoms with Crippen LogP contribution < -0.4 is 10.6 Å². The van der Waals surface area contributed by atoms with Gasteiger partial charge in [0.1, 0.15) is 0 Å². The quantitative estimate of drug-likeness (QED) is 0.565. The molecule has 3 rings (SSSR count). The molecule has 0 atom stereocenters. The van der Waals surface area contributed by atoms with E-state index in [9.17, 15) is 0 Å². The average Bonchev–Trinajstić information content (AvgIpc) is 3.45. The Kier molecular flexibility index (Phi) is 6.79. The lowest BCUT2D eigenvalue weighted by molar-refractivity contribution is 0.128. The third-order valence-corrected chi connectivity index (χ3v) is 5.88. The number of ether oxygens (including phenoxy) is 1. The van der Waals surface area contributed by atoms with Gasteiger partial charge in [-0.05, 0) is 43.4 Å². The Labute approximate surface area is 162 Å². The van der Waals surface area contributed by atoms with Gasteiger partial charge in [-0.3, -0.25) is 4.99 Å². The number of hydrogen-bond donors (Lipinski definition) is 2. The van der Waals surface area contributed by atoms with Crippen LogP contribution in [0.2, 0.25) is 5.02 Å². The Bertz CT molecular complexity index is 610. The number of nitrogens with zero attached hydrogens (tertiary/aromatic N) is 2. The first-order valence-electron chi connectivity index (χ1n) is 9.60. The topological polar surface area (TPSA) is 48.9 Å². The van der Waals surface area contributed by atoms with Crippen molar-refractivity contribution in [2.45, 2.75) is 37.1 Å². The van der Waals surface area contributed by atoms with Crippen molar-refractivity contribution in [1.29, 1.82) is 0 Å². The number of hydrogen-bond acceptors (Lipinski definition) is 3. The van der Waals surface area contributed by atoms with E-state index in [-0.39, 0.29) is 5.41 Å². The molecule has 144 valence electrons. The van der Waals surface area contributed by atoms with E-state index in [1.165, 1.54) is 18.4 Å². The second kappa shape index (κ2) is 9.07. The van der Waals surface area contributed by atoms with Gasteiger partial charge < -0.3 is 20.3 Å². The minimum absolute atomic E-state index is 0.214. The number of aliphatic imine (C=N–C) groups is 1. The lowest BCUT2D eigenvalue weighted by Crippen LogP contribution is -2.50. The molecule has 1 aliphatic carbocycles. The van der Waals surface area contributed by atoms with E-state index in [4.69, 9.17) is 16.3 Å². The molecule has 1 saturated carbocycles. The molecule has 0 spiro atoms. The van der Waals surface area contributed by atoms with E-state index in [1.54, 1.807) is 7.11 Å². The van der Waals surface area contributed by atoms with E-state index in [1.807, 2.05) is 19.2 Å². The zero-order chi connectivity index (χ0) is 18.4. The summed E-state index contributed by atoms with van der Waals surface area (Å²) in [6, 6.07) is 8.76. The summed E-state index contributed by atoms with van der Waals surface area (Å²) in [7, 11) is 3.61. The van der Waals surface area contributed by atoms with Gasteiger partial charge in [-0.2, -0.15) is 0 Å². The average molecular weight is 379 g/mol. The van der Waals surface area contributed by atoms with Crippen molar-refractivity contribution in [2.75, 3.05) is 46.9 Å². The van der Waals surface area contributed by atoms with Crippen LogP contribution in [0.25, 0.3) is 0 Å². The number of likely N-dealkylation sites (tertiary alicyclic amines) is 1. The van der Waals surface area contributed by atoms with Crippen molar-refractivity contribution >= 4 is 17.6 Å². The molecule has 1 aromatic rings. The van der Waals surface area contributed by atoms with Gasteiger partial charge >= 0.3 is 0 Å². The Hall–Kier alpha value is -1.30. The summed E-state index contributed by atoms with van der Waals surface area (Å²) < 4.78 is 5.17. The summed E-state index contributed by atoms with van der Waals surface area (Å²) in [6.45, 7) is 4.97. The van der Waals surface area contributed by atoms with Crippen LogP contribution in [0, 0.1) is 0 Å². The number of piperidine rings is 1. The molecule has 1 aliphatic heterocycles. The van der Waals surface area contributed by atoms with E-state index in [2.05, 4.69) is 32.7 Å². The molecule has 6 heteroatoms. The molecule has 2 aliphatic rings. The number of benzene rings is 1. The number of nitrogens with one attached hydrogen (secondary N) is 2. The molecule has 0 amide bonds. The standard InChI is InChI=1S/C20H31ClN4O/c1-22-19(24-18-6-10-25(11-7-18)12-13-26-2)23-15-20(8-9-20)16-4-3-5-17(21)14-16/h3-5,14,18H,6-13,15H2,1-2H3,(H2,22,23,24). The van der Waals surface area contributed by atoms with E-state index in [0.29, 0.717) is 6.04 Å².